The predicted octanol–water partition coefficient (Wildman–Crippen LogP) is 5.68. The summed E-state index contributed by atoms with van der Waals surface area (Å²) in [6, 6.07) is 17.6. The number of thiophene rings is 1. The molecule has 0 aliphatic carbocycles. The molecule has 4 nitrogen and oxygen atoms in total. The normalized spacial score (nSPS) is 11.8. The van der Waals surface area contributed by atoms with Crippen molar-refractivity contribution in [2.24, 2.45) is 0 Å². The third-order valence-corrected chi connectivity index (χ3v) is 6.47. The lowest BCUT2D eigenvalue weighted by Crippen LogP contribution is -2.30. The molecule has 0 bridgehead atoms. The van der Waals surface area contributed by atoms with Crippen molar-refractivity contribution >= 4 is 28.6 Å². The van der Waals surface area contributed by atoms with Crippen LogP contribution >= 0.6 is 22.7 Å². The molecule has 4 aromatic rings. The first-order valence-corrected chi connectivity index (χ1v) is 11.5. The van der Waals surface area contributed by atoms with Crippen LogP contribution in [0, 0.1) is 12.7 Å². The highest BCUT2D eigenvalue weighted by Gasteiger charge is 2.19. The molecule has 7 heteroatoms. The summed E-state index contributed by atoms with van der Waals surface area (Å²) < 4.78 is 19.1. The first-order valence-electron chi connectivity index (χ1n) is 9.78. The molecule has 1 N–H and O–H groups in total. The highest BCUT2D eigenvalue weighted by atomic mass is 32.1. The maximum Gasteiger partial charge on any atom is 0.226 e. The molecule has 0 fully saturated rings. The monoisotopic (exact) mass is 452 g/mol. The van der Waals surface area contributed by atoms with Crippen molar-refractivity contribution in [3.05, 3.63) is 104 Å². The van der Waals surface area contributed by atoms with Gasteiger partial charge in [-0.1, -0.05) is 35.9 Å². The Hall–Kier alpha value is -3.03. The second kappa shape index (κ2) is 9.85. The van der Waals surface area contributed by atoms with Crippen LogP contribution in [0.2, 0.25) is 0 Å². The minimum Gasteiger partial charge on any atom is -0.486 e. The number of aromatic nitrogens is 1. The van der Waals surface area contributed by atoms with E-state index in [4.69, 9.17) is 4.74 Å². The van der Waals surface area contributed by atoms with Crippen molar-refractivity contribution in [3.63, 3.8) is 0 Å². The van der Waals surface area contributed by atoms with Crippen LogP contribution in [0.3, 0.4) is 0 Å². The van der Waals surface area contributed by atoms with E-state index < -0.39 is 0 Å². The smallest absolute Gasteiger partial charge is 0.226 e. The molecule has 1 unspecified atom stereocenters. The molecule has 1 amide bonds. The van der Waals surface area contributed by atoms with E-state index in [0.717, 1.165) is 21.2 Å². The van der Waals surface area contributed by atoms with Gasteiger partial charge in [0.2, 0.25) is 5.91 Å². The van der Waals surface area contributed by atoms with E-state index in [2.05, 4.69) is 10.3 Å². The molecule has 1 atom stereocenters. The van der Waals surface area contributed by atoms with Crippen LogP contribution in [-0.4, -0.2) is 10.9 Å². The number of carbonyl (C=O) groups excluding carboxylic acids is 1. The second-order valence-corrected chi connectivity index (χ2v) is 9.00. The van der Waals surface area contributed by atoms with E-state index in [1.54, 1.807) is 23.5 Å². The third kappa shape index (κ3) is 5.77. The Morgan fingerprint density at radius 1 is 1.10 bits per heavy atom. The molecule has 2 aromatic carbocycles. The highest BCUT2D eigenvalue weighted by molar-refractivity contribution is 7.10. The lowest BCUT2D eigenvalue weighted by atomic mass is 10.0. The van der Waals surface area contributed by atoms with Gasteiger partial charge in [0.1, 0.15) is 23.2 Å². The topological polar surface area (TPSA) is 51.2 Å². The minimum atomic E-state index is -0.323. The fourth-order valence-electron chi connectivity index (χ4n) is 3.08. The largest absolute Gasteiger partial charge is 0.486 e. The van der Waals surface area contributed by atoms with Crippen molar-refractivity contribution in [1.29, 1.82) is 0 Å². The Balaban J connectivity index is 1.38. The number of halogens is 1. The zero-order chi connectivity index (χ0) is 21.6. The molecule has 0 spiro atoms. The Bertz CT molecular complexity index is 1120. The maximum absolute atomic E-state index is 13.3. The Kier molecular flexibility index (Phi) is 6.74. The van der Waals surface area contributed by atoms with E-state index in [1.807, 2.05) is 54.1 Å². The van der Waals surface area contributed by atoms with Gasteiger partial charge in [0.15, 0.2) is 0 Å². The summed E-state index contributed by atoms with van der Waals surface area (Å²) >= 11 is 3.02. The third-order valence-electron chi connectivity index (χ3n) is 4.66. The van der Waals surface area contributed by atoms with Gasteiger partial charge in [0.25, 0.3) is 0 Å². The van der Waals surface area contributed by atoms with Gasteiger partial charge in [0.05, 0.1) is 18.2 Å². The first kappa shape index (κ1) is 21.2. The molecule has 0 saturated heterocycles. The van der Waals surface area contributed by atoms with Crippen LogP contribution in [0.1, 0.15) is 32.7 Å². The van der Waals surface area contributed by atoms with Crippen molar-refractivity contribution in [2.45, 2.75) is 26.0 Å². The predicted molar refractivity (Wildman–Crippen MR) is 122 cm³/mol. The minimum absolute atomic E-state index is 0.140. The fraction of sp³-hybridized carbons (Fsp3) is 0.167. The molecule has 2 heterocycles. The lowest BCUT2D eigenvalue weighted by Gasteiger charge is -2.18. The zero-order valence-corrected chi connectivity index (χ0v) is 18.5. The van der Waals surface area contributed by atoms with Crippen LogP contribution in [0.25, 0.3) is 0 Å². The van der Waals surface area contributed by atoms with Gasteiger partial charge in [0, 0.05) is 10.3 Å². The van der Waals surface area contributed by atoms with Crippen LogP contribution in [0.4, 0.5) is 4.39 Å². The van der Waals surface area contributed by atoms with E-state index in [0.29, 0.717) is 12.3 Å². The lowest BCUT2D eigenvalue weighted by molar-refractivity contribution is -0.121. The van der Waals surface area contributed by atoms with Crippen LogP contribution in [0.5, 0.6) is 5.75 Å². The van der Waals surface area contributed by atoms with Crippen molar-refractivity contribution in [1.82, 2.24) is 10.3 Å². The average Bonchev–Trinajstić information content (AvgIpc) is 3.45. The van der Waals surface area contributed by atoms with Crippen molar-refractivity contribution < 1.29 is 13.9 Å². The number of thiazole rings is 1. The fourth-order valence-corrected chi connectivity index (χ4v) is 4.59. The summed E-state index contributed by atoms with van der Waals surface area (Å²) in [5.41, 5.74) is 2.72. The summed E-state index contributed by atoms with van der Waals surface area (Å²) in [6.07, 6.45) is 0.171. The summed E-state index contributed by atoms with van der Waals surface area (Å²) in [5.74, 6) is 0.347. The van der Waals surface area contributed by atoms with Crippen LogP contribution in [-0.2, 0) is 17.8 Å². The van der Waals surface area contributed by atoms with E-state index in [9.17, 15) is 9.18 Å². The van der Waals surface area contributed by atoms with Gasteiger partial charge in [-0.2, -0.15) is 0 Å². The van der Waals surface area contributed by atoms with Gasteiger partial charge in [-0.3, -0.25) is 4.79 Å². The molecule has 0 saturated carbocycles. The number of benzene rings is 2. The number of amides is 1. The second-order valence-electron chi connectivity index (χ2n) is 7.08. The Morgan fingerprint density at radius 2 is 1.87 bits per heavy atom. The molecule has 2 aromatic heterocycles. The molecular formula is C24H21FN2O2S2. The highest BCUT2D eigenvalue weighted by Crippen LogP contribution is 2.26. The Labute approximate surface area is 188 Å². The summed E-state index contributed by atoms with van der Waals surface area (Å²) in [6.45, 7) is 2.39. The summed E-state index contributed by atoms with van der Waals surface area (Å²) in [5, 5.41) is 7.71. The number of rotatable bonds is 8. The molecule has 158 valence electrons. The van der Waals surface area contributed by atoms with Crippen LogP contribution in [0.15, 0.2) is 71.4 Å². The Morgan fingerprint density at radius 3 is 2.58 bits per heavy atom. The van der Waals surface area contributed by atoms with Gasteiger partial charge >= 0.3 is 0 Å². The SMILES string of the molecule is Cc1ccc(OCc2nc(CC(=O)NC(c3ccc(F)cc3)c3cccs3)cs2)cc1. The zero-order valence-electron chi connectivity index (χ0n) is 16.9. The molecule has 0 aliphatic rings. The number of hydrogen-bond donors (Lipinski definition) is 1. The summed E-state index contributed by atoms with van der Waals surface area (Å²) in [4.78, 5) is 18.2. The maximum atomic E-state index is 13.3. The summed E-state index contributed by atoms with van der Waals surface area (Å²) in [7, 11) is 0. The number of carbonyl (C=O) groups is 1. The van der Waals surface area contributed by atoms with Crippen molar-refractivity contribution in [2.75, 3.05) is 0 Å². The number of nitrogens with one attached hydrogen (secondary N) is 1. The average molecular weight is 453 g/mol. The van der Waals surface area contributed by atoms with Gasteiger partial charge < -0.3 is 10.1 Å². The number of ether oxygens (including phenoxy) is 1. The van der Waals surface area contributed by atoms with E-state index >= 15 is 0 Å². The molecule has 4 rings (SSSR count). The first-order chi connectivity index (χ1) is 15.1. The van der Waals surface area contributed by atoms with E-state index in [1.165, 1.54) is 29.0 Å². The van der Waals surface area contributed by atoms with Crippen molar-refractivity contribution in [3.8, 4) is 5.75 Å². The van der Waals surface area contributed by atoms with Gasteiger partial charge in [-0.25, -0.2) is 9.37 Å². The van der Waals surface area contributed by atoms with Gasteiger partial charge in [-0.15, -0.1) is 22.7 Å². The molecule has 0 aliphatic heterocycles. The number of aryl methyl sites for hydroxylation is 1. The quantitative estimate of drug-likeness (QED) is 0.374. The molecule has 0 radical (unpaired) electrons. The number of nitrogens with zero attached hydrogens (tertiary/aromatic N) is 1. The molecular weight excluding hydrogens is 431 g/mol. The van der Waals surface area contributed by atoms with Gasteiger partial charge in [-0.05, 0) is 48.2 Å². The standard InChI is InChI=1S/C24H21FN2O2S2/c1-16-4-10-20(11-5-16)29-14-23-26-19(15-31-23)13-22(28)27-24(21-3-2-12-30-21)17-6-8-18(25)9-7-17/h2-12,15,24H,13-14H2,1H3,(H,27,28). The number of hydrogen-bond acceptors (Lipinski definition) is 5. The molecule has 31 heavy (non-hydrogen) atoms. The van der Waals surface area contributed by atoms with Crippen LogP contribution < -0.4 is 10.1 Å². The van der Waals surface area contributed by atoms with E-state index in [-0.39, 0.29) is 24.2 Å².